The summed E-state index contributed by atoms with van der Waals surface area (Å²) in [6, 6.07) is 0.871. The molecule has 3 fully saturated rings. The molecule has 1 saturated carbocycles. The van der Waals surface area contributed by atoms with Crippen LogP contribution in [0.25, 0.3) is 0 Å². The molecule has 3 aliphatic rings. The van der Waals surface area contributed by atoms with Crippen molar-refractivity contribution in [3.63, 3.8) is 0 Å². The lowest BCUT2D eigenvalue weighted by molar-refractivity contribution is -0.0263. The smallest absolute Gasteiger partial charge is 0.0546 e. The third-order valence-electron chi connectivity index (χ3n) is 4.90. The average molecular weight is 224 g/mol. The van der Waals surface area contributed by atoms with E-state index in [0.29, 0.717) is 0 Å². The van der Waals surface area contributed by atoms with E-state index in [2.05, 4.69) is 4.90 Å². The van der Waals surface area contributed by atoms with E-state index in [4.69, 9.17) is 10.5 Å². The number of nitrogens with two attached hydrogens (primary N) is 1. The van der Waals surface area contributed by atoms with Crippen molar-refractivity contribution in [3.05, 3.63) is 0 Å². The van der Waals surface area contributed by atoms with Crippen LogP contribution in [0.4, 0.5) is 0 Å². The molecule has 3 heteroatoms. The van der Waals surface area contributed by atoms with Crippen molar-refractivity contribution in [2.24, 2.45) is 17.1 Å². The Morgan fingerprint density at radius 1 is 1.38 bits per heavy atom. The van der Waals surface area contributed by atoms with Gasteiger partial charge in [-0.3, -0.25) is 4.90 Å². The lowest BCUT2D eigenvalue weighted by atomic mass is 9.81. The van der Waals surface area contributed by atoms with Crippen LogP contribution < -0.4 is 5.73 Å². The molecule has 2 bridgehead atoms. The first-order valence-electron chi connectivity index (χ1n) is 6.83. The normalized spacial score (nSPS) is 44.1. The van der Waals surface area contributed by atoms with Gasteiger partial charge in [-0.25, -0.2) is 0 Å². The number of piperidine rings is 1. The highest BCUT2D eigenvalue weighted by atomic mass is 16.5. The Kier molecular flexibility index (Phi) is 2.94. The highest BCUT2D eigenvalue weighted by Gasteiger charge is 2.42. The maximum Gasteiger partial charge on any atom is 0.0546 e. The first-order valence-corrected chi connectivity index (χ1v) is 6.83. The second kappa shape index (κ2) is 4.28. The summed E-state index contributed by atoms with van der Waals surface area (Å²) in [6.07, 6.45) is 6.79. The zero-order valence-corrected chi connectivity index (χ0v) is 10.2. The van der Waals surface area contributed by atoms with Crippen LogP contribution in [0.15, 0.2) is 0 Å². The van der Waals surface area contributed by atoms with Crippen LogP contribution >= 0.6 is 0 Å². The van der Waals surface area contributed by atoms with E-state index in [-0.39, 0.29) is 5.41 Å². The van der Waals surface area contributed by atoms with E-state index >= 15 is 0 Å². The highest BCUT2D eigenvalue weighted by Crippen LogP contribution is 2.40. The lowest BCUT2D eigenvalue weighted by Crippen LogP contribution is -2.49. The number of hydrogen-bond acceptors (Lipinski definition) is 3. The fourth-order valence-corrected chi connectivity index (χ4v) is 3.91. The third-order valence-corrected chi connectivity index (χ3v) is 4.90. The maximum absolute atomic E-state index is 6.01. The lowest BCUT2D eigenvalue weighted by Gasteiger charge is -2.41. The Morgan fingerprint density at radius 3 is 2.88 bits per heavy atom. The molecule has 0 radical (unpaired) electrons. The van der Waals surface area contributed by atoms with Gasteiger partial charge in [0.05, 0.1) is 6.61 Å². The Hall–Kier alpha value is -0.120. The molecule has 3 atom stereocenters. The van der Waals surface area contributed by atoms with Gasteiger partial charge in [-0.2, -0.15) is 0 Å². The van der Waals surface area contributed by atoms with Gasteiger partial charge in [-0.05, 0) is 38.0 Å². The van der Waals surface area contributed by atoms with E-state index in [0.717, 1.165) is 31.7 Å². The van der Waals surface area contributed by atoms with Gasteiger partial charge in [0.15, 0.2) is 0 Å². The monoisotopic (exact) mass is 224 g/mol. The van der Waals surface area contributed by atoms with Crippen LogP contribution in [0.3, 0.4) is 0 Å². The van der Waals surface area contributed by atoms with E-state index in [1.807, 2.05) is 0 Å². The molecule has 0 aromatic heterocycles. The van der Waals surface area contributed by atoms with E-state index in [1.54, 1.807) is 0 Å². The molecule has 1 aliphatic carbocycles. The van der Waals surface area contributed by atoms with Gasteiger partial charge in [0, 0.05) is 37.7 Å². The van der Waals surface area contributed by atoms with Gasteiger partial charge in [0.25, 0.3) is 0 Å². The Balaban J connectivity index is 1.63. The summed E-state index contributed by atoms with van der Waals surface area (Å²) in [6.45, 7) is 5.13. The molecule has 2 N–H and O–H groups in total. The third kappa shape index (κ3) is 1.89. The molecule has 2 heterocycles. The molecule has 2 saturated heterocycles. The molecule has 3 unspecified atom stereocenters. The quantitative estimate of drug-likeness (QED) is 0.783. The van der Waals surface area contributed by atoms with Gasteiger partial charge in [0.2, 0.25) is 0 Å². The molecular weight excluding hydrogens is 200 g/mol. The molecule has 0 spiro atoms. The molecular formula is C13H24N2O. The SMILES string of the molecule is NCC1(CN2CC3CCC2C3)CCCOC1. The summed E-state index contributed by atoms with van der Waals surface area (Å²) in [5.41, 5.74) is 6.27. The van der Waals surface area contributed by atoms with Crippen LogP contribution in [-0.4, -0.2) is 43.8 Å². The van der Waals surface area contributed by atoms with Crippen LogP contribution in [0.5, 0.6) is 0 Å². The average Bonchev–Trinajstić information content (AvgIpc) is 2.92. The van der Waals surface area contributed by atoms with Crippen molar-refractivity contribution in [1.82, 2.24) is 4.90 Å². The summed E-state index contributed by atoms with van der Waals surface area (Å²) >= 11 is 0. The van der Waals surface area contributed by atoms with Gasteiger partial charge in [0.1, 0.15) is 0 Å². The minimum Gasteiger partial charge on any atom is -0.381 e. The molecule has 0 amide bonds. The van der Waals surface area contributed by atoms with Gasteiger partial charge >= 0.3 is 0 Å². The van der Waals surface area contributed by atoms with Gasteiger partial charge in [-0.1, -0.05) is 0 Å². The minimum atomic E-state index is 0.267. The Morgan fingerprint density at radius 2 is 2.31 bits per heavy atom. The van der Waals surface area contributed by atoms with Crippen molar-refractivity contribution >= 4 is 0 Å². The van der Waals surface area contributed by atoms with Crippen LogP contribution in [0, 0.1) is 11.3 Å². The van der Waals surface area contributed by atoms with Crippen molar-refractivity contribution in [2.45, 2.75) is 38.1 Å². The van der Waals surface area contributed by atoms with Gasteiger partial charge in [-0.15, -0.1) is 0 Å². The maximum atomic E-state index is 6.01. The molecule has 3 nitrogen and oxygen atoms in total. The number of hydrogen-bond donors (Lipinski definition) is 1. The van der Waals surface area contributed by atoms with Crippen molar-refractivity contribution in [2.75, 3.05) is 32.8 Å². The summed E-state index contributed by atoms with van der Waals surface area (Å²) in [5, 5.41) is 0. The molecule has 0 aromatic carbocycles. The van der Waals surface area contributed by atoms with E-state index in [1.165, 1.54) is 45.2 Å². The number of likely N-dealkylation sites (tertiary alicyclic amines) is 1. The van der Waals surface area contributed by atoms with Crippen molar-refractivity contribution < 1.29 is 4.74 Å². The highest BCUT2D eigenvalue weighted by molar-refractivity contribution is 4.96. The standard InChI is InChI=1S/C13H24N2O/c14-8-13(4-1-5-16-10-13)9-15-7-11-2-3-12(15)6-11/h11-12H,1-10,14H2. The fraction of sp³-hybridized carbons (Fsp3) is 1.00. The molecule has 92 valence electrons. The van der Waals surface area contributed by atoms with E-state index in [9.17, 15) is 0 Å². The number of ether oxygens (including phenoxy) is 1. The van der Waals surface area contributed by atoms with Crippen LogP contribution in [-0.2, 0) is 4.74 Å². The molecule has 16 heavy (non-hydrogen) atoms. The summed E-state index contributed by atoms with van der Waals surface area (Å²) < 4.78 is 5.66. The summed E-state index contributed by atoms with van der Waals surface area (Å²) in [4.78, 5) is 2.70. The van der Waals surface area contributed by atoms with E-state index < -0.39 is 0 Å². The predicted octanol–water partition coefficient (Wildman–Crippen LogP) is 1.23. The molecule has 0 aromatic rings. The topological polar surface area (TPSA) is 38.5 Å². The predicted molar refractivity (Wildman–Crippen MR) is 64.2 cm³/mol. The molecule has 3 rings (SSSR count). The zero-order chi connectivity index (χ0) is 11.0. The Bertz CT molecular complexity index is 250. The number of fused-ring (bicyclic) bond motifs is 2. The van der Waals surface area contributed by atoms with Gasteiger partial charge < -0.3 is 10.5 Å². The van der Waals surface area contributed by atoms with Crippen LogP contribution in [0.1, 0.15) is 32.1 Å². The minimum absolute atomic E-state index is 0.267. The second-order valence-electron chi connectivity index (χ2n) is 6.12. The largest absolute Gasteiger partial charge is 0.381 e. The summed E-state index contributed by atoms with van der Waals surface area (Å²) in [5.74, 6) is 0.990. The number of nitrogens with zero attached hydrogens (tertiary/aromatic N) is 1. The number of rotatable bonds is 3. The first-order chi connectivity index (χ1) is 7.81. The summed E-state index contributed by atoms with van der Waals surface area (Å²) in [7, 11) is 0. The van der Waals surface area contributed by atoms with Crippen molar-refractivity contribution in [1.29, 1.82) is 0 Å². The molecule has 2 aliphatic heterocycles. The van der Waals surface area contributed by atoms with Crippen molar-refractivity contribution in [3.8, 4) is 0 Å². The zero-order valence-electron chi connectivity index (χ0n) is 10.2. The fourth-order valence-electron chi connectivity index (χ4n) is 3.91. The Labute approximate surface area is 98.3 Å². The first kappa shape index (κ1) is 11.0. The second-order valence-corrected chi connectivity index (χ2v) is 6.12. The van der Waals surface area contributed by atoms with Crippen LogP contribution in [0.2, 0.25) is 0 Å².